The Balaban J connectivity index is 1.53. The van der Waals surface area contributed by atoms with Crippen LogP contribution in [0.3, 0.4) is 0 Å². The average Bonchev–Trinajstić information content (AvgIpc) is 3.31. The van der Waals surface area contributed by atoms with E-state index in [0.29, 0.717) is 24.7 Å². The van der Waals surface area contributed by atoms with Crippen LogP contribution in [0, 0.1) is 0 Å². The van der Waals surface area contributed by atoms with Crippen LogP contribution in [-0.2, 0) is 20.7 Å². The third kappa shape index (κ3) is 3.69. The first-order valence-corrected chi connectivity index (χ1v) is 7.50. The maximum atomic E-state index is 11.9. The average molecular weight is 305 g/mol. The van der Waals surface area contributed by atoms with Gasteiger partial charge in [0.2, 0.25) is 0 Å². The Morgan fingerprint density at radius 1 is 1.27 bits per heavy atom. The van der Waals surface area contributed by atoms with Crippen LogP contribution in [0.25, 0.3) is 0 Å². The number of amides is 1. The lowest BCUT2D eigenvalue weighted by Crippen LogP contribution is -2.37. The molecule has 0 radical (unpaired) electrons. The van der Waals surface area contributed by atoms with Crippen LogP contribution >= 0.6 is 0 Å². The predicted octanol–water partition coefficient (Wildman–Crippen LogP) is 1.21. The lowest BCUT2D eigenvalue weighted by atomic mass is 10.1. The summed E-state index contributed by atoms with van der Waals surface area (Å²) in [5.41, 5.74) is 0.768. The van der Waals surface area contributed by atoms with Crippen LogP contribution in [0.5, 0.6) is 11.5 Å². The van der Waals surface area contributed by atoms with E-state index in [2.05, 4.69) is 5.32 Å². The van der Waals surface area contributed by atoms with Gasteiger partial charge in [-0.2, -0.15) is 0 Å². The molecule has 1 saturated carbocycles. The fourth-order valence-corrected chi connectivity index (χ4v) is 2.20. The van der Waals surface area contributed by atoms with Crippen LogP contribution in [-0.4, -0.2) is 37.2 Å². The molecule has 1 fully saturated rings. The summed E-state index contributed by atoms with van der Waals surface area (Å²) >= 11 is 0. The molecular weight excluding hydrogens is 286 g/mol. The minimum absolute atomic E-state index is 0.0949. The number of rotatable bonds is 5. The molecule has 0 unspecified atom stereocenters. The SMILES string of the molecule is C[C@H](OC(=O)Cc1ccc2c(c1)OCCO2)C(=O)NC1CC1. The summed E-state index contributed by atoms with van der Waals surface area (Å²) < 4.78 is 16.1. The summed E-state index contributed by atoms with van der Waals surface area (Å²) in [5.74, 6) is 0.643. The van der Waals surface area contributed by atoms with Gasteiger partial charge < -0.3 is 19.5 Å². The van der Waals surface area contributed by atoms with Crippen molar-refractivity contribution < 1.29 is 23.8 Å². The van der Waals surface area contributed by atoms with Crippen molar-refractivity contribution in [3.63, 3.8) is 0 Å². The van der Waals surface area contributed by atoms with Gasteiger partial charge in [-0.05, 0) is 37.5 Å². The molecule has 118 valence electrons. The first kappa shape index (κ1) is 14.7. The predicted molar refractivity (Wildman–Crippen MR) is 77.9 cm³/mol. The van der Waals surface area contributed by atoms with Gasteiger partial charge in [-0.3, -0.25) is 9.59 Å². The van der Waals surface area contributed by atoms with Gasteiger partial charge in [-0.25, -0.2) is 0 Å². The molecule has 1 aliphatic heterocycles. The zero-order valence-corrected chi connectivity index (χ0v) is 12.5. The van der Waals surface area contributed by atoms with E-state index in [1.54, 1.807) is 25.1 Å². The number of fused-ring (bicyclic) bond motifs is 1. The topological polar surface area (TPSA) is 73.9 Å². The minimum Gasteiger partial charge on any atom is -0.486 e. The highest BCUT2D eigenvalue weighted by molar-refractivity contribution is 5.84. The van der Waals surface area contributed by atoms with Gasteiger partial charge >= 0.3 is 5.97 Å². The van der Waals surface area contributed by atoms with Gasteiger partial charge in [0.15, 0.2) is 17.6 Å². The Morgan fingerprint density at radius 2 is 2.00 bits per heavy atom. The normalized spacial score (nSPS) is 17.5. The second-order valence-corrected chi connectivity index (χ2v) is 5.57. The Bertz CT molecular complexity index is 582. The molecule has 6 heteroatoms. The van der Waals surface area contributed by atoms with Crippen molar-refractivity contribution in [2.45, 2.75) is 38.3 Å². The quantitative estimate of drug-likeness (QED) is 0.828. The summed E-state index contributed by atoms with van der Waals surface area (Å²) in [5, 5.41) is 2.81. The molecule has 2 aliphatic rings. The number of benzene rings is 1. The van der Waals surface area contributed by atoms with Crippen molar-refractivity contribution in [1.82, 2.24) is 5.32 Å². The van der Waals surface area contributed by atoms with Gasteiger partial charge in [-0.15, -0.1) is 0 Å². The molecule has 1 atom stereocenters. The molecule has 0 spiro atoms. The third-order valence-corrected chi connectivity index (χ3v) is 3.56. The van der Waals surface area contributed by atoms with Gasteiger partial charge in [0, 0.05) is 6.04 Å². The number of nitrogens with one attached hydrogen (secondary N) is 1. The Kier molecular flexibility index (Phi) is 4.18. The summed E-state index contributed by atoms with van der Waals surface area (Å²) in [6.45, 7) is 2.61. The highest BCUT2D eigenvalue weighted by atomic mass is 16.6. The first-order valence-electron chi connectivity index (χ1n) is 7.50. The van der Waals surface area contributed by atoms with Gasteiger partial charge in [0.25, 0.3) is 5.91 Å². The van der Waals surface area contributed by atoms with Crippen molar-refractivity contribution in [2.75, 3.05) is 13.2 Å². The van der Waals surface area contributed by atoms with Crippen LogP contribution < -0.4 is 14.8 Å². The number of carbonyl (C=O) groups is 2. The lowest BCUT2D eigenvalue weighted by molar-refractivity contribution is -0.154. The highest BCUT2D eigenvalue weighted by Crippen LogP contribution is 2.30. The lowest BCUT2D eigenvalue weighted by Gasteiger charge is -2.19. The molecular formula is C16H19NO5. The van der Waals surface area contributed by atoms with Crippen molar-refractivity contribution in [1.29, 1.82) is 0 Å². The summed E-state index contributed by atoms with van der Waals surface area (Å²) in [7, 11) is 0. The van der Waals surface area contributed by atoms with E-state index in [4.69, 9.17) is 14.2 Å². The van der Waals surface area contributed by atoms with E-state index >= 15 is 0 Å². The van der Waals surface area contributed by atoms with Crippen LogP contribution in [0.15, 0.2) is 18.2 Å². The fourth-order valence-electron chi connectivity index (χ4n) is 2.20. The summed E-state index contributed by atoms with van der Waals surface area (Å²) in [6, 6.07) is 5.60. The molecule has 22 heavy (non-hydrogen) atoms. The Morgan fingerprint density at radius 3 is 2.73 bits per heavy atom. The van der Waals surface area contributed by atoms with E-state index in [1.165, 1.54) is 0 Å². The number of esters is 1. The van der Waals surface area contributed by atoms with Gasteiger partial charge in [0.1, 0.15) is 13.2 Å². The first-order chi connectivity index (χ1) is 10.6. The van der Waals surface area contributed by atoms with Gasteiger partial charge in [-0.1, -0.05) is 6.07 Å². The molecule has 1 N–H and O–H groups in total. The maximum absolute atomic E-state index is 11.9. The second-order valence-electron chi connectivity index (χ2n) is 5.57. The summed E-state index contributed by atoms with van der Waals surface area (Å²) in [6.07, 6.45) is 1.33. The molecule has 0 bridgehead atoms. The van der Waals surface area contributed by atoms with Crippen molar-refractivity contribution in [3.8, 4) is 11.5 Å². The minimum atomic E-state index is -0.773. The molecule has 0 aromatic heterocycles. The molecule has 3 rings (SSSR count). The molecule has 1 aromatic rings. The third-order valence-electron chi connectivity index (χ3n) is 3.56. The number of carbonyl (C=O) groups excluding carboxylic acids is 2. The zero-order chi connectivity index (χ0) is 15.5. The van der Waals surface area contributed by atoms with Crippen molar-refractivity contribution >= 4 is 11.9 Å². The van der Waals surface area contributed by atoms with Crippen LogP contribution in [0.4, 0.5) is 0 Å². The number of ether oxygens (including phenoxy) is 3. The smallest absolute Gasteiger partial charge is 0.311 e. The molecule has 1 aliphatic carbocycles. The largest absolute Gasteiger partial charge is 0.486 e. The molecule has 1 aromatic carbocycles. The van der Waals surface area contributed by atoms with E-state index < -0.39 is 12.1 Å². The molecule has 6 nitrogen and oxygen atoms in total. The van der Waals surface area contributed by atoms with E-state index in [1.807, 2.05) is 0 Å². The van der Waals surface area contributed by atoms with Crippen molar-refractivity contribution in [2.24, 2.45) is 0 Å². The molecule has 1 amide bonds. The highest BCUT2D eigenvalue weighted by Gasteiger charge is 2.27. The maximum Gasteiger partial charge on any atom is 0.311 e. The monoisotopic (exact) mass is 305 g/mol. The Labute approximate surface area is 128 Å². The van der Waals surface area contributed by atoms with E-state index in [9.17, 15) is 9.59 Å². The van der Waals surface area contributed by atoms with E-state index in [0.717, 1.165) is 18.4 Å². The van der Waals surface area contributed by atoms with E-state index in [-0.39, 0.29) is 18.4 Å². The van der Waals surface area contributed by atoms with Crippen LogP contribution in [0.2, 0.25) is 0 Å². The van der Waals surface area contributed by atoms with Crippen molar-refractivity contribution in [3.05, 3.63) is 23.8 Å². The Hall–Kier alpha value is -2.24. The number of hydrogen-bond donors (Lipinski definition) is 1. The fraction of sp³-hybridized carbons (Fsp3) is 0.500. The molecule has 0 saturated heterocycles. The number of hydrogen-bond acceptors (Lipinski definition) is 5. The second kappa shape index (κ2) is 6.25. The van der Waals surface area contributed by atoms with Gasteiger partial charge in [0.05, 0.1) is 6.42 Å². The van der Waals surface area contributed by atoms with Crippen LogP contribution in [0.1, 0.15) is 25.3 Å². The standard InChI is InChI=1S/C16H19NO5/c1-10(16(19)17-12-3-4-12)22-15(18)9-11-2-5-13-14(8-11)21-7-6-20-13/h2,5,8,10,12H,3-4,6-7,9H2,1H3,(H,17,19)/t10-/m0/s1. The summed E-state index contributed by atoms with van der Waals surface area (Å²) in [4.78, 5) is 23.7. The zero-order valence-electron chi connectivity index (χ0n) is 12.5. The molecule has 1 heterocycles.